The van der Waals surface area contributed by atoms with Gasteiger partial charge in [-0.15, -0.1) is 0 Å². The molecule has 1 aromatic carbocycles. The third kappa shape index (κ3) is 4.10. The second kappa shape index (κ2) is 6.16. The van der Waals surface area contributed by atoms with E-state index in [0.29, 0.717) is 19.5 Å². The molecule has 0 spiro atoms. The van der Waals surface area contributed by atoms with Crippen molar-refractivity contribution in [2.45, 2.75) is 12.5 Å². The number of benzene rings is 1. The molecule has 1 amide bonds. The van der Waals surface area contributed by atoms with E-state index in [2.05, 4.69) is 5.32 Å². The Morgan fingerprint density at radius 3 is 2.60 bits per heavy atom. The highest BCUT2D eigenvalue weighted by Gasteiger charge is 2.12. The zero-order chi connectivity index (χ0) is 11.1. The average Bonchev–Trinajstić information content (AvgIpc) is 2.27. The van der Waals surface area contributed by atoms with E-state index in [0.717, 1.165) is 5.56 Å². The summed E-state index contributed by atoms with van der Waals surface area (Å²) in [6, 6.07) is 9.20. The van der Waals surface area contributed by atoms with Crippen LogP contribution in [0.4, 0.5) is 0 Å². The number of carbonyl (C=O) groups excluding carboxylic acids is 1. The summed E-state index contributed by atoms with van der Waals surface area (Å²) in [5.41, 5.74) is 12.1. The van der Waals surface area contributed by atoms with E-state index in [1.54, 1.807) is 0 Å². The van der Waals surface area contributed by atoms with Crippen LogP contribution in [0.1, 0.15) is 5.56 Å². The highest BCUT2D eigenvalue weighted by atomic mass is 16.2. The summed E-state index contributed by atoms with van der Waals surface area (Å²) < 4.78 is 0. The van der Waals surface area contributed by atoms with Gasteiger partial charge in [0.25, 0.3) is 0 Å². The Kier molecular flexibility index (Phi) is 4.80. The molecule has 1 rings (SSSR count). The minimum absolute atomic E-state index is 0.149. The van der Waals surface area contributed by atoms with Crippen LogP contribution < -0.4 is 16.8 Å². The van der Waals surface area contributed by atoms with Crippen LogP contribution in [0.25, 0.3) is 0 Å². The summed E-state index contributed by atoms with van der Waals surface area (Å²) in [6.07, 6.45) is 0.553. The van der Waals surface area contributed by atoms with Gasteiger partial charge >= 0.3 is 0 Å². The van der Waals surface area contributed by atoms with Crippen molar-refractivity contribution in [2.75, 3.05) is 13.1 Å². The summed E-state index contributed by atoms with van der Waals surface area (Å²) in [6.45, 7) is 0.908. The van der Waals surface area contributed by atoms with Gasteiger partial charge in [0, 0.05) is 13.1 Å². The van der Waals surface area contributed by atoms with Crippen molar-refractivity contribution in [3.8, 4) is 0 Å². The van der Waals surface area contributed by atoms with Crippen molar-refractivity contribution in [2.24, 2.45) is 11.5 Å². The monoisotopic (exact) mass is 207 g/mol. The Hall–Kier alpha value is -1.39. The van der Waals surface area contributed by atoms with Gasteiger partial charge in [-0.25, -0.2) is 0 Å². The Morgan fingerprint density at radius 1 is 1.33 bits per heavy atom. The van der Waals surface area contributed by atoms with Crippen molar-refractivity contribution in [1.29, 1.82) is 0 Å². The van der Waals surface area contributed by atoms with Gasteiger partial charge in [-0.2, -0.15) is 0 Å². The Balaban J connectivity index is 2.41. The summed E-state index contributed by atoms with van der Waals surface area (Å²) in [5, 5.41) is 2.66. The highest BCUT2D eigenvalue weighted by Crippen LogP contribution is 2.01. The molecule has 1 atom stereocenters. The first kappa shape index (κ1) is 11.7. The zero-order valence-electron chi connectivity index (χ0n) is 8.65. The first-order valence-electron chi connectivity index (χ1n) is 5.01. The number of nitrogens with two attached hydrogens (primary N) is 2. The highest BCUT2D eigenvalue weighted by molar-refractivity contribution is 5.81. The van der Waals surface area contributed by atoms with Gasteiger partial charge < -0.3 is 16.8 Å². The molecule has 5 N–H and O–H groups in total. The van der Waals surface area contributed by atoms with Gasteiger partial charge in [-0.3, -0.25) is 4.79 Å². The average molecular weight is 207 g/mol. The van der Waals surface area contributed by atoms with Gasteiger partial charge in [0.05, 0.1) is 6.04 Å². The van der Waals surface area contributed by atoms with Crippen LogP contribution in [-0.2, 0) is 11.2 Å². The van der Waals surface area contributed by atoms with Crippen LogP contribution in [0.2, 0.25) is 0 Å². The van der Waals surface area contributed by atoms with Crippen molar-refractivity contribution >= 4 is 5.91 Å². The molecule has 0 radical (unpaired) electrons. The summed E-state index contributed by atoms with van der Waals surface area (Å²) in [5.74, 6) is -0.149. The topological polar surface area (TPSA) is 81.1 Å². The first-order valence-corrected chi connectivity index (χ1v) is 5.01. The van der Waals surface area contributed by atoms with Crippen LogP contribution in [0.5, 0.6) is 0 Å². The predicted molar refractivity (Wildman–Crippen MR) is 60.2 cm³/mol. The minimum Gasteiger partial charge on any atom is -0.353 e. The quantitative estimate of drug-likeness (QED) is 0.616. The molecule has 0 fully saturated rings. The van der Waals surface area contributed by atoms with Gasteiger partial charge in [0.1, 0.15) is 0 Å². The SMILES string of the molecule is NCCNC(=O)C(N)Cc1ccccc1. The molecular formula is C11H17N3O. The maximum absolute atomic E-state index is 11.4. The fourth-order valence-corrected chi connectivity index (χ4v) is 1.29. The third-order valence-electron chi connectivity index (χ3n) is 2.08. The van der Waals surface area contributed by atoms with E-state index in [9.17, 15) is 4.79 Å². The second-order valence-electron chi connectivity index (χ2n) is 3.38. The summed E-state index contributed by atoms with van der Waals surface area (Å²) in [4.78, 5) is 11.4. The fourth-order valence-electron chi connectivity index (χ4n) is 1.29. The summed E-state index contributed by atoms with van der Waals surface area (Å²) in [7, 11) is 0. The Bertz CT molecular complexity index is 300. The predicted octanol–water partition coefficient (Wildman–Crippen LogP) is -0.369. The molecule has 0 aliphatic heterocycles. The van der Waals surface area contributed by atoms with Crippen molar-refractivity contribution in [3.05, 3.63) is 35.9 Å². The number of rotatable bonds is 5. The lowest BCUT2D eigenvalue weighted by Crippen LogP contribution is -2.43. The van der Waals surface area contributed by atoms with Crippen LogP contribution in [0.15, 0.2) is 30.3 Å². The molecule has 0 saturated carbocycles. The number of hydrogen-bond acceptors (Lipinski definition) is 3. The molecule has 0 aliphatic carbocycles. The van der Waals surface area contributed by atoms with Crippen LogP contribution in [0.3, 0.4) is 0 Å². The summed E-state index contributed by atoms with van der Waals surface area (Å²) >= 11 is 0. The molecule has 1 unspecified atom stereocenters. The lowest BCUT2D eigenvalue weighted by atomic mass is 10.1. The lowest BCUT2D eigenvalue weighted by molar-refractivity contribution is -0.122. The van der Waals surface area contributed by atoms with E-state index in [1.807, 2.05) is 30.3 Å². The van der Waals surface area contributed by atoms with Crippen LogP contribution in [-0.4, -0.2) is 25.0 Å². The third-order valence-corrected chi connectivity index (χ3v) is 2.08. The Morgan fingerprint density at radius 2 is 2.00 bits per heavy atom. The number of amides is 1. The minimum atomic E-state index is -0.501. The maximum Gasteiger partial charge on any atom is 0.237 e. The molecular weight excluding hydrogens is 190 g/mol. The standard InChI is InChI=1S/C11H17N3O/c12-6-7-14-11(15)10(13)8-9-4-2-1-3-5-9/h1-5,10H,6-8,12-13H2,(H,14,15). The molecule has 0 bridgehead atoms. The van der Waals surface area contributed by atoms with Crippen LogP contribution in [0, 0.1) is 0 Å². The van der Waals surface area contributed by atoms with Gasteiger partial charge in [-0.1, -0.05) is 30.3 Å². The molecule has 4 heteroatoms. The van der Waals surface area contributed by atoms with Crippen molar-refractivity contribution in [3.63, 3.8) is 0 Å². The second-order valence-corrected chi connectivity index (χ2v) is 3.38. The van der Waals surface area contributed by atoms with E-state index in [4.69, 9.17) is 11.5 Å². The van der Waals surface area contributed by atoms with E-state index in [1.165, 1.54) is 0 Å². The van der Waals surface area contributed by atoms with Crippen LogP contribution >= 0.6 is 0 Å². The Labute approximate surface area is 89.6 Å². The molecule has 82 valence electrons. The number of carbonyl (C=O) groups is 1. The van der Waals surface area contributed by atoms with Crippen molar-refractivity contribution in [1.82, 2.24) is 5.32 Å². The number of hydrogen-bond donors (Lipinski definition) is 3. The maximum atomic E-state index is 11.4. The molecule has 0 aromatic heterocycles. The molecule has 0 aliphatic rings. The smallest absolute Gasteiger partial charge is 0.237 e. The zero-order valence-corrected chi connectivity index (χ0v) is 8.65. The van der Waals surface area contributed by atoms with E-state index >= 15 is 0 Å². The number of nitrogens with one attached hydrogen (secondary N) is 1. The normalized spacial score (nSPS) is 12.1. The lowest BCUT2D eigenvalue weighted by Gasteiger charge is -2.11. The molecule has 15 heavy (non-hydrogen) atoms. The van der Waals surface area contributed by atoms with Crippen molar-refractivity contribution < 1.29 is 4.79 Å². The molecule has 4 nitrogen and oxygen atoms in total. The largest absolute Gasteiger partial charge is 0.353 e. The molecule has 0 heterocycles. The van der Waals surface area contributed by atoms with E-state index < -0.39 is 6.04 Å². The van der Waals surface area contributed by atoms with Gasteiger partial charge in [0.15, 0.2) is 0 Å². The molecule has 0 saturated heterocycles. The van der Waals surface area contributed by atoms with Gasteiger partial charge in [0.2, 0.25) is 5.91 Å². The fraction of sp³-hybridized carbons (Fsp3) is 0.364. The van der Waals surface area contributed by atoms with Gasteiger partial charge in [-0.05, 0) is 12.0 Å². The van der Waals surface area contributed by atoms with E-state index in [-0.39, 0.29) is 5.91 Å². The first-order chi connectivity index (χ1) is 7.24. The molecule has 1 aromatic rings.